The molecule has 7 nitrogen and oxygen atoms in total. The molecule has 32 heavy (non-hydrogen) atoms. The van der Waals surface area contributed by atoms with Crippen LogP contribution in [0, 0.1) is 0 Å². The molecule has 0 saturated carbocycles. The highest BCUT2D eigenvalue weighted by molar-refractivity contribution is 6.00. The van der Waals surface area contributed by atoms with E-state index in [0.717, 1.165) is 31.2 Å². The van der Waals surface area contributed by atoms with E-state index in [9.17, 15) is 9.59 Å². The highest BCUT2D eigenvalue weighted by atomic mass is 16.5. The molecule has 1 aromatic rings. The number of carbonyl (C=O) groups is 2. The summed E-state index contributed by atoms with van der Waals surface area (Å²) in [5, 5.41) is 3.16. The van der Waals surface area contributed by atoms with Gasteiger partial charge in [-0.05, 0) is 53.1 Å². The molecule has 0 aliphatic carbocycles. The van der Waals surface area contributed by atoms with Crippen molar-refractivity contribution in [2.45, 2.75) is 59.3 Å². The lowest BCUT2D eigenvalue weighted by Gasteiger charge is -2.31. The second-order valence-electron chi connectivity index (χ2n) is 7.67. The molecule has 0 atom stereocenters. The van der Waals surface area contributed by atoms with Gasteiger partial charge in [0.15, 0.2) is 0 Å². The first-order valence-electron chi connectivity index (χ1n) is 11.4. The smallest absolute Gasteiger partial charge is 0.336 e. The number of nitrogens with two attached hydrogens (primary N) is 1. The first kappa shape index (κ1) is 25.5. The molecule has 7 heteroatoms. The number of carbonyl (C=O) groups excluding carboxylic acids is 2. The summed E-state index contributed by atoms with van der Waals surface area (Å²) in [6.07, 6.45) is 4.01. The molecule has 1 aliphatic heterocycles. The fourth-order valence-electron chi connectivity index (χ4n) is 3.90. The van der Waals surface area contributed by atoms with Gasteiger partial charge in [-0.3, -0.25) is 0 Å². The largest absolute Gasteiger partial charge is 0.493 e. The zero-order chi connectivity index (χ0) is 23.5. The Bertz CT molecular complexity index is 820. The maximum atomic E-state index is 13.0. The van der Waals surface area contributed by atoms with Gasteiger partial charge in [0, 0.05) is 17.0 Å². The van der Waals surface area contributed by atoms with Gasteiger partial charge < -0.3 is 25.3 Å². The molecule has 0 amide bonds. The van der Waals surface area contributed by atoms with Gasteiger partial charge in [-0.2, -0.15) is 0 Å². The number of nitrogens with one attached hydrogen (secondary N) is 1. The van der Waals surface area contributed by atoms with Crippen LogP contribution in [-0.2, 0) is 19.1 Å². The highest BCUT2D eigenvalue weighted by Crippen LogP contribution is 2.42. The van der Waals surface area contributed by atoms with E-state index in [1.165, 1.54) is 0 Å². The van der Waals surface area contributed by atoms with Crippen LogP contribution >= 0.6 is 0 Å². The van der Waals surface area contributed by atoms with Gasteiger partial charge in [-0.1, -0.05) is 31.0 Å². The number of hydrogen-bond donors (Lipinski definition) is 2. The molecule has 3 N–H and O–H groups in total. The molecule has 0 aromatic heterocycles. The van der Waals surface area contributed by atoms with Gasteiger partial charge in [0.25, 0.3) is 0 Å². The van der Waals surface area contributed by atoms with E-state index in [2.05, 4.69) is 5.32 Å². The van der Waals surface area contributed by atoms with Crippen molar-refractivity contribution >= 4 is 11.9 Å². The van der Waals surface area contributed by atoms with Crippen LogP contribution in [-0.4, -0.2) is 38.3 Å². The Morgan fingerprint density at radius 3 is 2.03 bits per heavy atom. The number of dihydropyridines is 1. The fourth-order valence-corrected chi connectivity index (χ4v) is 3.90. The zero-order valence-electron chi connectivity index (χ0n) is 19.7. The van der Waals surface area contributed by atoms with Crippen LogP contribution in [0.2, 0.25) is 0 Å². The average molecular weight is 445 g/mol. The fraction of sp³-hybridized carbons (Fsp3) is 0.520. The molecule has 2 rings (SSSR count). The van der Waals surface area contributed by atoms with Gasteiger partial charge in [0.05, 0.1) is 36.9 Å². The number of hydrogen-bond acceptors (Lipinski definition) is 7. The lowest BCUT2D eigenvalue weighted by molar-refractivity contribution is -0.139. The predicted molar refractivity (Wildman–Crippen MR) is 124 cm³/mol. The molecule has 1 heterocycles. The molecule has 0 spiro atoms. The van der Waals surface area contributed by atoms with Crippen LogP contribution in [0.5, 0.6) is 5.75 Å². The summed E-state index contributed by atoms with van der Waals surface area (Å²) in [6.45, 7) is 8.85. The number of allylic oxidation sites excluding steroid dienone is 2. The van der Waals surface area contributed by atoms with Crippen LogP contribution < -0.4 is 15.8 Å². The average Bonchev–Trinajstić information content (AvgIpc) is 2.76. The van der Waals surface area contributed by atoms with Gasteiger partial charge in [0.2, 0.25) is 0 Å². The van der Waals surface area contributed by atoms with Gasteiger partial charge in [0.1, 0.15) is 5.75 Å². The molecule has 0 fully saturated rings. The maximum absolute atomic E-state index is 13.0. The van der Waals surface area contributed by atoms with Crippen LogP contribution in [0.1, 0.15) is 64.9 Å². The van der Waals surface area contributed by atoms with Crippen molar-refractivity contribution in [3.8, 4) is 5.75 Å². The Kier molecular flexibility index (Phi) is 10.3. The summed E-state index contributed by atoms with van der Waals surface area (Å²) in [5.74, 6) is -0.938. The minimum atomic E-state index is -0.650. The molecule has 0 bridgehead atoms. The minimum Gasteiger partial charge on any atom is -0.493 e. The second kappa shape index (κ2) is 12.9. The molecule has 0 saturated heterocycles. The Hall–Kier alpha value is -2.80. The van der Waals surface area contributed by atoms with E-state index >= 15 is 0 Å². The van der Waals surface area contributed by atoms with E-state index in [-0.39, 0.29) is 13.2 Å². The van der Waals surface area contributed by atoms with Crippen molar-refractivity contribution in [2.75, 3.05) is 26.4 Å². The quantitative estimate of drug-likeness (QED) is 0.372. The Morgan fingerprint density at radius 2 is 1.47 bits per heavy atom. The van der Waals surface area contributed by atoms with Crippen molar-refractivity contribution in [1.29, 1.82) is 0 Å². The number of esters is 2. The Morgan fingerprint density at radius 1 is 0.906 bits per heavy atom. The van der Waals surface area contributed by atoms with Gasteiger partial charge in [-0.15, -0.1) is 0 Å². The second-order valence-corrected chi connectivity index (χ2v) is 7.67. The van der Waals surface area contributed by atoms with Crippen molar-refractivity contribution in [3.05, 3.63) is 52.4 Å². The molecule has 1 aromatic carbocycles. The van der Waals surface area contributed by atoms with Crippen molar-refractivity contribution < 1.29 is 23.8 Å². The summed E-state index contributed by atoms with van der Waals surface area (Å²) < 4.78 is 16.8. The Labute approximate surface area is 191 Å². The third kappa shape index (κ3) is 6.36. The summed E-state index contributed by atoms with van der Waals surface area (Å²) in [6, 6.07) is 7.52. The zero-order valence-corrected chi connectivity index (χ0v) is 19.7. The predicted octanol–water partition coefficient (Wildman–Crippen LogP) is 3.95. The van der Waals surface area contributed by atoms with Crippen LogP contribution in [0.25, 0.3) is 0 Å². The van der Waals surface area contributed by atoms with Crippen molar-refractivity contribution in [1.82, 2.24) is 5.32 Å². The summed E-state index contributed by atoms with van der Waals surface area (Å²) in [7, 11) is 0. The summed E-state index contributed by atoms with van der Waals surface area (Å²) in [5.41, 5.74) is 8.37. The topological polar surface area (TPSA) is 99.9 Å². The normalized spacial score (nSPS) is 14.3. The van der Waals surface area contributed by atoms with Crippen molar-refractivity contribution in [3.63, 3.8) is 0 Å². The van der Waals surface area contributed by atoms with E-state index in [4.69, 9.17) is 19.9 Å². The molecular weight excluding hydrogens is 408 g/mol. The lowest BCUT2D eigenvalue weighted by Crippen LogP contribution is -2.32. The Balaban J connectivity index is 2.44. The number of ether oxygens (including phenoxy) is 3. The molecule has 0 radical (unpaired) electrons. The first-order chi connectivity index (χ1) is 15.5. The van der Waals surface area contributed by atoms with Crippen LogP contribution in [0.15, 0.2) is 46.8 Å². The highest BCUT2D eigenvalue weighted by Gasteiger charge is 2.39. The summed E-state index contributed by atoms with van der Waals surface area (Å²) >= 11 is 0. The molecular formula is C25H36N2O5. The minimum absolute atomic E-state index is 0.237. The van der Waals surface area contributed by atoms with Gasteiger partial charge in [-0.25, -0.2) is 9.59 Å². The molecule has 1 aliphatic rings. The first-order valence-corrected chi connectivity index (χ1v) is 11.4. The maximum Gasteiger partial charge on any atom is 0.336 e. The summed E-state index contributed by atoms with van der Waals surface area (Å²) in [4.78, 5) is 25.9. The molecule has 0 unspecified atom stereocenters. The van der Waals surface area contributed by atoms with Crippen LogP contribution in [0.4, 0.5) is 0 Å². The van der Waals surface area contributed by atoms with Crippen LogP contribution in [0.3, 0.4) is 0 Å². The number of benzene rings is 1. The third-order valence-corrected chi connectivity index (χ3v) is 5.34. The number of para-hydroxylation sites is 1. The molecule has 176 valence electrons. The van der Waals surface area contributed by atoms with E-state index in [0.29, 0.717) is 41.4 Å². The van der Waals surface area contributed by atoms with E-state index < -0.39 is 17.9 Å². The van der Waals surface area contributed by atoms with Gasteiger partial charge >= 0.3 is 11.9 Å². The third-order valence-electron chi connectivity index (χ3n) is 5.34. The lowest BCUT2D eigenvalue weighted by atomic mass is 9.80. The number of rotatable bonds is 12. The number of unbranched alkanes of at least 4 members (excludes halogenated alkanes) is 3. The SMILES string of the molecule is CCOC(=O)C1=C(C)NC(C)=C(C(=O)OCC)C1c1ccccc1OCCCCCCN. The van der Waals surface area contributed by atoms with E-state index in [1.54, 1.807) is 13.8 Å². The standard InChI is InChI=1S/C25H36N2O5/c1-5-30-24(28)21-17(3)27-18(4)22(25(29)31-6-2)23(21)19-13-9-10-14-20(19)32-16-12-8-7-11-15-26/h9-10,13-14,23,27H,5-8,11-12,15-16,26H2,1-4H3. The van der Waals surface area contributed by atoms with Crippen molar-refractivity contribution in [2.24, 2.45) is 5.73 Å². The monoisotopic (exact) mass is 444 g/mol. The van der Waals surface area contributed by atoms with E-state index in [1.807, 2.05) is 38.1 Å².